The molecule has 0 aliphatic rings. The molecular weight excluding hydrogens is 302 g/mol. The second-order valence-corrected chi connectivity index (χ2v) is 5.28. The lowest BCUT2D eigenvalue weighted by atomic mass is 9.99. The average molecular weight is 325 g/mol. The maximum Gasteiger partial charge on any atom is 0.305 e. The van der Waals surface area contributed by atoms with Crippen molar-refractivity contribution in [2.75, 3.05) is 26.9 Å². The molecule has 0 fully saturated rings. The Balaban J connectivity index is 2.63. The number of para-hydroxylation sites is 2. The van der Waals surface area contributed by atoms with Gasteiger partial charge in [-0.15, -0.1) is 0 Å². The quantitative estimate of drug-likeness (QED) is 0.676. The molecule has 2 N–H and O–H groups in total. The van der Waals surface area contributed by atoms with Gasteiger partial charge in [-0.1, -0.05) is 12.1 Å². The van der Waals surface area contributed by atoms with Gasteiger partial charge >= 0.3 is 5.97 Å². The van der Waals surface area contributed by atoms with Crippen molar-refractivity contribution in [3.63, 3.8) is 0 Å². The number of ether oxygens (including phenoxy) is 3. The zero-order valence-electron chi connectivity index (χ0n) is 13.6. The van der Waals surface area contributed by atoms with Crippen molar-refractivity contribution in [2.24, 2.45) is 0 Å². The number of carboxylic acid groups (broad SMARTS) is 1. The summed E-state index contributed by atoms with van der Waals surface area (Å²) in [5, 5.41) is 11.6. The first-order valence-corrected chi connectivity index (χ1v) is 7.26. The minimum atomic E-state index is -1.02. The van der Waals surface area contributed by atoms with Gasteiger partial charge in [0, 0.05) is 7.11 Å². The molecule has 0 spiro atoms. The number of hydrogen-bond acceptors (Lipinski definition) is 5. The molecule has 0 saturated heterocycles. The first-order valence-electron chi connectivity index (χ1n) is 7.26. The molecule has 0 aliphatic carbocycles. The SMILES string of the molecule is CCOc1ccccc1OCC(=O)NC(C)(COC)CC(=O)O. The monoisotopic (exact) mass is 325 g/mol. The zero-order valence-corrected chi connectivity index (χ0v) is 13.6. The van der Waals surface area contributed by atoms with Gasteiger partial charge in [-0.3, -0.25) is 9.59 Å². The average Bonchev–Trinajstić information content (AvgIpc) is 2.45. The molecule has 0 bridgehead atoms. The Morgan fingerprint density at radius 1 is 1.22 bits per heavy atom. The van der Waals surface area contributed by atoms with Crippen LogP contribution in [0, 0.1) is 0 Å². The van der Waals surface area contributed by atoms with Gasteiger partial charge in [-0.05, 0) is 26.0 Å². The fourth-order valence-electron chi connectivity index (χ4n) is 2.14. The van der Waals surface area contributed by atoms with E-state index in [0.29, 0.717) is 18.1 Å². The highest BCUT2D eigenvalue weighted by molar-refractivity contribution is 5.79. The summed E-state index contributed by atoms with van der Waals surface area (Å²) in [7, 11) is 1.45. The summed E-state index contributed by atoms with van der Waals surface area (Å²) >= 11 is 0. The third kappa shape index (κ3) is 6.56. The zero-order chi connectivity index (χ0) is 17.3. The summed E-state index contributed by atoms with van der Waals surface area (Å²) in [5.74, 6) is -0.450. The molecule has 23 heavy (non-hydrogen) atoms. The molecule has 1 unspecified atom stereocenters. The van der Waals surface area contributed by atoms with Gasteiger partial charge < -0.3 is 24.6 Å². The number of carbonyl (C=O) groups is 2. The Morgan fingerprint density at radius 3 is 2.35 bits per heavy atom. The van der Waals surface area contributed by atoms with Crippen molar-refractivity contribution in [3.05, 3.63) is 24.3 Å². The molecular formula is C16H23NO6. The Morgan fingerprint density at radius 2 is 1.83 bits per heavy atom. The van der Waals surface area contributed by atoms with Crippen molar-refractivity contribution < 1.29 is 28.9 Å². The van der Waals surface area contributed by atoms with Crippen molar-refractivity contribution in [2.45, 2.75) is 25.8 Å². The number of carbonyl (C=O) groups excluding carboxylic acids is 1. The van der Waals surface area contributed by atoms with Crippen LogP contribution >= 0.6 is 0 Å². The van der Waals surface area contributed by atoms with Crippen LogP contribution in [0.5, 0.6) is 11.5 Å². The highest BCUT2D eigenvalue weighted by Crippen LogP contribution is 2.26. The second-order valence-electron chi connectivity index (χ2n) is 5.28. The lowest BCUT2D eigenvalue weighted by Gasteiger charge is -2.28. The summed E-state index contributed by atoms with van der Waals surface area (Å²) in [6.07, 6.45) is -0.248. The number of hydrogen-bond donors (Lipinski definition) is 2. The van der Waals surface area contributed by atoms with Crippen LogP contribution in [-0.4, -0.2) is 49.5 Å². The summed E-state index contributed by atoms with van der Waals surface area (Å²) < 4.78 is 15.8. The summed E-state index contributed by atoms with van der Waals surface area (Å²) in [4.78, 5) is 22.9. The second kappa shape index (κ2) is 8.99. The fraction of sp³-hybridized carbons (Fsp3) is 0.500. The molecule has 7 nitrogen and oxygen atoms in total. The molecule has 0 heterocycles. The van der Waals surface area contributed by atoms with Gasteiger partial charge in [0.25, 0.3) is 5.91 Å². The van der Waals surface area contributed by atoms with E-state index in [1.54, 1.807) is 31.2 Å². The van der Waals surface area contributed by atoms with Crippen LogP contribution in [0.4, 0.5) is 0 Å². The summed E-state index contributed by atoms with van der Waals surface area (Å²) in [5.41, 5.74) is -1.000. The van der Waals surface area contributed by atoms with Crippen molar-refractivity contribution in [3.8, 4) is 11.5 Å². The highest BCUT2D eigenvalue weighted by atomic mass is 16.5. The Bertz CT molecular complexity index is 533. The van der Waals surface area contributed by atoms with E-state index in [0.717, 1.165) is 0 Å². The van der Waals surface area contributed by atoms with Crippen molar-refractivity contribution >= 4 is 11.9 Å². The fourth-order valence-corrected chi connectivity index (χ4v) is 2.14. The normalized spacial score (nSPS) is 13.0. The number of benzene rings is 1. The maximum atomic E-state index is 12.0. The Labute approximate surface area is 135 Å². The van der Waals surface area contributed by atoms with Crippen LogP contribution in [0.25, 0.3) is 0 Å². The van der Waals surface area contributed by atoms with Gasteiger partial charge in [-0.2, -0.15) is 0 Å². The predicted octanol–water partition coefficient (Wildman–Crippen LogP) is 1.46. The number of rotatable bonds is 10. The van der Waals surface area contributed by atoms with E-state index in [1.165, 1.54) is 7.11 Å². The number of carboxylic acids is 1. The van der Waals surface area contributed by atoms with Crippen molar-refractivity contribution in [1.29, 1.82) is 0 Å². The van der Waals surface area contributed by atoms with E-state index in [2.05, 4.69) is 5.32 Å². The van der Waals surface area contributed by atoms with Crippen LogP contribution in [0.3, 0.4) is 0 Å². The van der Waals surface area contributed by atoms with Gasteiger partial charge in [0.15, 0.2) is 18.1 Å². The largest absolute Gasteiger partial charge is 0.490 e. The molecule has 0 aromatic heterocycles. The van der Waals surface area contributed by atoms with Crippen LogP contribution in [0.15, 0.2) is 24.3 Å². The molecule has 1 aromatic carbocycles. The molecule has 0 saturated carbocycles. The molecule has 1 rings (SSSR count). The first kappa shape index (κ1) is 18.8. The van der Waals surface area contributed by atoms with Crippen LogP contribution in [-0.2, 0) is 14.3 Å². The lowest BCUT2D eigenvalue weighted by Crippen LogP contribution is -2.52. The van der Waals surface area contributed by atoms with E-state index in [1.807, 2.05) is 6.92 Å². The number of amides is 1. The van der Waals surface area contributed by atoms with E-state index < -0.39 is 17.4 Å². The van der Waals surface area contributed by atoms with E-state index in [-0.39, 0.29) is 19.6 Å². The number of methoxy groups -OCH3 is 1. The number of nitrogens with one attached hydrogen (secondary N) is 1. The molecule has 0 aliphatic heterocycles. The van der Waals surface area contributed by atoms with Crippen LogP contribution in [0.1, 0.15) is 20.3 Å². The smallest absolute Gasteiger partial charge is 0.305 e. The standard InChI is InChI=1S/C16H23NO6/c1-4-22-12-7-5-6-8-13(12)23-10-14(18)17-16(2,11-21-3)9-15(19)20/h5-8H,4,9-11H2,1-3H3,(H,17,18)(H,19,20). The van der Waals surface area contributed by atoms with Crippen molar-refractivity contribution in [1.82, 2.24) is 5.32 Å². The number of aliphatic carboxylic acids is 1. The van der Waals surface area contributed by atoms with Crippen LogP contribution in [0.2, 0.25) is 0 Å². The molecule has 1 atom stereocenters. The van der Waals surface area contributed by atoms with E-state index in [4.69, 9.17) is 19.3 Å². The Hall–Kier alpha value is -2.28. The molecule has 0 radical (unpaired) electrons. The van der Waals surface area contributed by atoms with E-state index >= 15 is 0 Å². The van der Waals surface area contributed by atoms with E-state index in [9.17, 15) is 9.59 Å². The minimum Gasteiger partial charge on any atom is -0.490 e. The molecule has 1 amide bonds. The van der Waals surface area contributed by atoms with Gasteiger partial charge in [-0.25, -0.2) is 0 Å². The van der Waals surface area contributed by atoms with Gasteiger partial charge in [0.1, 0.15) is 0 Å². The minimum absolute atomic E-state index is 0.0839. The maximum absolute atomic E-state index is 12.0. The van der Waals surface area contributed by atoms with Gasteiger partial charge in [0.05, 0.1) is 25.2 Å². The third-order valence-electron chi connectivity index (χ3n) is 2.95. The van der Waals surface area contributed by atoms with Crippen LogP contribution < -0.4 is 14.8 Å². The molecule has 1 aromatic rings. The van der Waals surface area contributed by atoms with Gasteiger partial charge in [0.2, 0.25) is 0 Å². The summed E-state index contributed by atoms with van der Waals surface area (Å²) in [6.45, 7) is 3.78. The molecule has 128 valence electrons. The summed E-state index contributed by atoms with van der Waals surface area (Å²) in [6, 6.07) is 7.02. The first-order chi connectivity index (χ1) is 10.9. The lowest BCUT2D eigenvalue weighted by molar-refractivity contribution is -0.139. The topological polar surface area (TPSA) is 94.1 Å². The Kier molecular flexibility index (Phi) is 7.34. The predicted molar refractivity (Wildman–Crippen MR) is 83.8 cm³/mol. The molecule has 7 heteroatoms. The highest BCUT2D eigenvalue weighted by Gasteiger charge is 2.29. The third-order valence-corrected chi connectivity index (χ3v) is 2.95.